The number of hydrogen-bond donors (Lipinski definition) is 2. The van der Waals surface area contributed by atoms with Gasteiger partial charge in [-0.1, -0.05) is 47.6 Å². The van der Waals surface area contributed by atoms with Crippen LogP contribution in [0, 0.1) is 0 Å². The van der Waals surface area contributed by atoms with Crippen molar-refractivity contribution in [1.82, 2.24) is 0 Å². The van der Waals surface area contributed by atoms with E-state index in [1.54, 1.807) is 0 Å². The van der Waals surface area contributed by atoms with Crippen LogP contribution in [0.15, 0.2) is 53.7 Å². The lowest BCUT2D eigenvalue weighted by Crippen LogP contribution is -2.30. The highest BCUT2D eigenvalue weighted by Gasteiger charge is 2.18. The van der Waals surface area contributed by atoms with E-state index in [0.29, 0.717) is 0 Å². The molecule has 21 heavy (non-hydrogen) atoms. The lowest BCUT2D eigenvalue weighted by molar-refractivity contribution is 0.318. The number of amidine groups is 1. The van der Waals surface area contributed by atoms with Crippen molar-refractivity contribution in [2.45, 2.75) is 19.4 Å². The van der Waals surface area contributed by atoms with Crippen LogP contribution in [-0.4, -0.2) is 17.6 Å². The molecule has 3 rings (SSSR count). The number of aryl methyl sites for hydroxylation is 1. The summed E-state index contributed by atoms with van der Waals surface area (Å²) in [5.41, 5.74) is 10.3. The SMILES string of the molecule is N/C(=N\O)c1ccccc1CN1CCCc2ccccc21. The summed E-state index contributed by atoms with van der Waals surface area (Å²) in [6.45, 7) is 1.80. The minimum absolute atomic E-state index is 0.163. The van der Waals surface area contributed by atoms with E-state index in [-0.39, 0.29) is 5.84 Å². The molecule has 0 amide bonds. The maximum Gasteiger partial charge on any atom is 0.170 e. The van der Waals surface area contributed by atoms with E-state index in [0.717, 1.165) is 37.1 Å². The number of oxime groups is 1. The van der Waals surface area contributed by atoms with Crippen LogP contribution < -0.4 is 10.6 Å². The van der Waals surface area contributed by atoms with Crippen molar-refractivity contribution in [1.29, 1.82) is 0 Å². The quantitative estimate of drug-likeness (QED) is 0.393. The lowest BCUT2D eigenvalue weighted by Gasteiger charge is -2.31. The van der Waals surface area contributed by atoms with Crippen molar-refractivity contribution < 1.29 is 5.21 Å². The number of nitrogens with two attached hydrogens (primary N) is 1. The van der Waals surface area contributed by atoms with E-state index in [1.807, 2.05) is 24.3 Å². The molecule has 0 fully saturated rings. The summed E-state index contributed by atoms with van der Waals surface area (Å²) in [6, 6.07) is 16.3. The molecule has 3 N–H and O–H groups in total. The third-order valence-electron chi connectivity index (χ3n) is 3.97. The number of benzene rings is 2. The van der Waals surface area contributed by atoms with Crippen molar-refractivity contribution in [3.63, 3.8) is 0 Å². The molecule has 4 nitrogen and oxygen atoms in total. The van der Waals surface area contributed by atoms with E-state index in [4.69, 9.17) is 10.9 Å². The molecule has 0 saturated carbocycles. The maximum atomic E-state index is 8.93. The molecule has 0 saturated heterocycles. The zero-order valence-corrected chi connectivity index (χ0v) is 11.9. The average Bonchev–Trinajstić information content (AvgIpc) is 2.55. The van der Waals surface area contributed by atoms with Crippen molar-refractivity contribution in [3.05, 3.63) is 65.2 Å². The Balaban J connectivity index is 1.92. The van der Waals surface area contributed by atoms with E-state index in [9.17, 15) is 0 Å². The van der Waals surface area contributed by atoms with Crippen LogP contribution in [0.3, 0.4) is 0 Å². The average molecular weight is 281 g/mol. The van der Waals surface area contributed by atoms with Crippen molar-refractivity contribution in [2.75, 3.05) is 11.4 Å². The molecule has 1 heterocycles. The summed E-state index contributed by atoms with van der Waals surface area (Å²) >= 11 is 0. The Morgan fingerprint density at radius 1 is 1.14 bits per heavy atom. The molecule has 108 valence electrons. The van der Waals surface area contributed by atoms with Gasteiger partial charge in [0.05, 0.1) is 0 Å². The van der Waals surface area contributed by atoms with Gasteiger partial charge >= 0.3 is 0 Å². The minimum Gasteiger partial charge on any atom is -0.409 e. The molecule has 0 unspecified atom stereocenters. The smallest absolute Gasteiger partial charge is 0.170 e. The molecule has 0 radical (unpaired) electrons. The van der Waals surface area contributed by atoms with E-state index >= 15 is 0 Å². The van der Waals surface area contributed by atoms with Crippen LogP contribution in [0.25, 0.3) is 0 Å². The molecular formula is C17H19N3O. The topological polar surface area (TPSA) is 61.9 Å². The lowest BCUT2D eigenvalue weighted by atomic mass is 10.00. The van der Waals surface area contributed by atoms with E-state index in [2.05, 4.69) is 34.3 Å². The highest BCUT2D eigenvalue weighted by molar-refractivity contribution is 5.98. The van der Waals surface area contributed by atoms with E-state index < -0.39 is 0 Å². The fourth-order valence-corrected chi connectivity index (χ4v) is 2.94. The summed E-state index contributed by atoms with van der Waals surface area (Å²) < 4.78 is 0. The summed E-state index contributed by atoms with van der Waals surface area (Å²) in [4.78, 5) is 2.36. The molecule has 0 spiro atoms. The van der Waals surface area contributed by atoms with Crippen LogP contribution in [0.2, 0.25) is 0 Å². The largest absolute Gasteiger partial charge is 0.409 e. The molecule has 0 atom stereocenters. The standard InChI is InChI=1S/C17H19N3O/c18-17(19-21)15-9-3-1-7-14(15)12-20-11-5-8-13-6-2-4-10-16(13)20/h1-4,6-7,9-10,21H,5,8,11-12H2,(H2,18,19). The van der Waals surface area contributed by atoms with Crippen LogP contribution in [0.1, 0.15) is 23.1 Å². The third kappa shape index (κ3) is 2.70. The molecule has 1 aliphatic rings. The second-order valence-corrected chi connectivity index (χ2v) is 5.30. The number of nitrogens with zero attached hydrogens (tertiary/aromatic N) is 2. The van der Waals surface area contributed by atoms with Crippen molar-refractivity contribution >= 4 is 11.5 Å². The minimum atomic E-state index is 0.163. The third-order valence-corrected chi connectivity index (χ3v) is 3.97. The first-order valence-corrected chi connectivity index (χ1v) is 7.18. The fourth-order valence-electron chi connectivity index (χ4n) is 2.94. The molecule has 2 aromatic carbocycles. The number of para-hydroxylation sites is 1. The number of rotatable bonds is 3. The summed E-state index contributed by atoms with van der Waals surface area (Å²) in [5.74, 6) is 0.163. The predicted molar refractivity (Wildman–Crippen MR) is 84.8 cm³/mol. The van der Waals surface area contributed by atoms with Gasteiger partial charge in [0.15, 0.2) is 5.84 Å². The first-order chi connectivity index (χ1) is 10.3. The normalized spacial score (nSPS) is 14.9. The first kappa shape index (κ1) is 13.5. The molecule has 0 aliphatic carbocycles. The Bertz CT molecular complexity index is 667. The second-order valence-electron chi connectivity index (χ2n) is 5.30. The molecule has 0 bridgehead atoms. The van der Waals surface area contributed by atoms with Gasteiger partial charge in [0.2, 0.25) is 0 Å². The van der Waals surface area contributed by atoms with Gasteiger partial charge < -0.3 is 15.8 Å². The van der Waals surface area contributed by atoms with Gasteiger partial charge in [-0.15, -0.1) is 0 Å². The Hall–Kier alpha value is -2.49. The van der Waals surface area contributed by atoms with Gasteiger partial charge in [-0.3, -0.25) is 0 Å². The first-order valence-electron chi connectivity index (χ1n) is 7.18. The number of fused-ring (bicyclic) bond motifs is 1. The van der Waals surface area contributed by atoms with Gasteiger partial charge in [-0.05, 0) is 30.0 Å². The number of hydrogen-bond acceptors (Lipinski definition) is 3. The van der Waals surface area contributed by atoms with Gasteiger partial charge in [-0.2, -0.15) is 0 Å². The van der Waals surface area contributed by atoms with Crippen molar-refractivity contribution in [2.24, 2.45) is 10.9 Å². The summed E-state index contributed by atoms with van der Waals surface area (Å²) in [5, 5.41) is 12.1. The van der Waals surface area contributed by atoms with Crippen LogP contribution in [0.4, 0.5) is 5.69 Å². The maximum absolute atomic E-state index is 8.93. The van der Waals surface area contributed by atoms with Gasteiger partial charge in [0.1, 0.15) is 0 Å². The van der Waals surface area contributed by atoms with Crippen molar-refractivity contribution in [3.8, 4) is 0 Å². The van der Waals surface area contributed by atoms with Crippen LogP contribution in [0.5, 0.6) is 0 Å². The molecule has 2 aromatic rings. The Kier molecular flexibility index (Phi) is 3.77. The van der Waals surface area contributed by atoms with E-state index in [1.165, 1.54) is 11.3 Å². The van der Waals surface area contributed by atoms with Crippen LogP contribution >= 0.6 is 0 Å². The predicted octanol–water partition coefficient (Wildman–Crippen LogP) is 2.73. The van der Waals surface area contributed by atoms with Crippen LogP contribution in [-0.2, 0) is 13.0 Å². The Morgan fingerprint density at radius 2 is 1.90 bits per heavy atom. The monoisotopic (exact) mass is 281 g/mol. The van der Waals surface area contributed by atoms with Gasteiger partial charge in [-0.25, -0.2) is 0 Å². The Labute approximate surface area is 124 Å². The fraction of sp³-hybridized carbons (Fsp3) is 0.235. The molecule has 0 aromatic heterocycles. The highest BCUT2D eigenvalue weighted by Crippen LogP contribution is 2.28. The Morgan fingerprint density at radius 3 is 2.76 bits per heavy atom. The zero-order chi connectivity index (χ0) is 14.7. The molecular weight excluding hydrogens is 262 g/mol. The van der Waals surface area contributed by atoms with Gasteiger partial charge in [0, 0.05) is 24.3 Å². The molecule has 4 heteroatoms. The van der Waals surface area contributed by atoms with Gasteiger partial charge in [0.25, 0.3) is 0 Å². The summed E-state index contributed by atoms with van der Waals surface area (Å²) in [7, 11) is 0. The number of anilines is 1. The second kappa shape index (κ2) is 5.87. The highest BCUT2D eigenvalue weighted by atomic mass is 16.4. The zero-order valence-electron chi connectivity index (χ0n) is 11.9. The molecule has 1 aliphatic heterocycles. The summed E-state index contributed by atoms with van der Waals surface area (Å²) in [6.07, 6.45) is 2.29.